The van der Waals surface area contributed by atoms with Crippen molar-refractivity contribution in [2.75, 3.05) is 0 Å². The normalized spacial score (nSPS) is 18.0. The lowest BCUT2D eigenvalue weighted by Crippen LogP contribution is -2.37. The first-order valence-corrected chi connectivity index (χ1v) is 6.89. The molecule has 1 nitrogen and oxygen atoms in total. The Bertz CT molecular complexity index is 136. The van der Waals surface area contributed by atoms with Crippen molar-refractivity contribution in [2.45, 2.75) is 38.6 Å². The van der Waals surface area contributed by atoms with E-state index in [0.717, 1.165) is 0 Å². The molecule has 0 saturated carbocycles. The van der Waals surface area contributed by atoms with Gasteiger partial charge in [0, 0.05) is 0 Å². The third-order valence-electron chi connectivity index (χ3n) is 0.957. The minimum atomic E-state index is -3.32. The van der Waals surface area contributed by atoms with Gasteiger partial charge in [-0.1, -0.05) is 0 Å². The van der Waals surface area contributed by atoms with E-state index < -0.39 is 27.3 Å². The van der Waals surface area contributed by atoms with Crippen LogP contribution in [-0.4, -0.2) is 27.3 Å². The summed E-state index contributed by atoms with van der Waals surface area (Å²) in [5.74, 6) is 0. The summed E-state index contributed by atoms with van der Waals surface area (Å²) in [6.07, 6.45) is -8.66. The third-order valence-corrected chi connectivity index (χ3v) is 1.89. The summed E-state index contributed by atoms with van der Waals surface area (Å²) in [5.41, 5.74) is 0. The number of halogens is 4. The Morgan fingerprint density at radius 3 is 1.67 bits per heavy atom. The molecule has 0 heterocycles. The molecule has 0 amide bonds. The molecule has 0 rings (SSSR count). The molecule has 0 fully saturated rings. The molecule has 0 aromatic carbocycles. The van der Waals surface area contributed by atoms with E-state index in [1.54, 1.807) is 19.6 Å². The van der Waals surface area contributed by atoms with Gasteiger partial charge in [-0.15, -0.1) is 0 Å². The highest BCUT2D eigenvalue weighted by Gasteiger charge is 2.33. The SMILES string of the molecule is C[Si](C)(C)OC(F)C(F)C(F)F. The first kappa shape index (κ1) is 11.9. The molecule has 2 atom stereocenters. The summed E-state index contributed by atoms with van der Waals surface area (Å²) >= 11 is 0. The van der Waals surface area contributed by atoms with E-state index in [2.05, 4.69) is 4.43 Å². The molecule has 0 radical (unpaired) electrons. The molecule has 0 aliphatic rings. The lowest BCUT2D eigenvalue weighted by atomic mass is 10.4. The van der Waals surface area contributed by atoms with Crippen LogP contribution in [0.1, 0.15) is 0 Å². The van der Waals surface area contributed by atoms with Crippen molar-refractivity contribution in [3.8, 4) is 0 Å². The predicted octanol–water partition coefficient (Wildman–Crippen LogP) is 2.74. The van der Waals surface area contributed by atoms with Gasteiger partial charge in [-0.2, -0.15) is 0 Å². The van der Waals surface area contributed by atoms with Gasteiger partial charge < -0.3 is 4.43 Å². The maximum atomic E-state index is 12.5. The van der Waals surface area contributed by atoms with E-state index in [-0.39, 0.29) is 0 Å². The van der Waals surface area contributed by atoms with Gasteiger partial charge in [-0.05, 0) is 19.6 Å². The first-order chi connectivity index (χ1) is 5.24. The van der Waals surface area contributed by atoms with Crippen molar-refractivity contribution >= 4 is 8.32 Å². The minimum Gasteiger partial charge on any atom is -0.387 e. The first-order valence-electron chi connectivity index (χ1n) is 3.48. The summed E-state index contributed by atoms with van der Waals surface area (Å²) < 4.78 is 52.3. The van der Waals surface area contributed by atoms with Crippen LogP contribution < -0.4 is 0 Å². The average Bonchev–Trinajstić information content (AvgIpc) is 1.82. The molecule has 2 unspecified atom stereocenters. The van der Waals surface area contributed by atoms with Gasteiger partial charge in [0.2, 0.25) is 12.5 Å². The van der Waals surface area contributed by atoms with Crippen molar-refractivity contribution in [3.05, 3.63) is 0 Å². The maximum absolute atomic E-state index is 12.5. The predicted molar refractivity (Wildman–Crippen MR) is 40.2 cm³/mol. The minimum absolute atomic E-state index is 1.60. The Morgan fingerprint density at radius 1 is 1.00 bits per heavy atom. The molecule has 74 valence electrons. The Morgan fingerprint density at radius 2 is 1.42 bits per heavy atom. The smallest absolute Gasteiger partial charge is 0.274 e. The lowest BCUT2D eigenvalue weighted by Gasteiger charge is -2.22. The Hall–Kier alpha value is -0.103. The number of hydrogen-bond acceptors (Lipinski definition) is 1. The summed E-state index contributed by atoms with van der Waals surface area (Å²) in [4.78, 5) is 0. The molecular weight excluding hydrogens is 192 g/mol. The van der Waals surface area contributed by atoms with Crippen LogP contribution in [0.5, 0.6) is 0 Å². The standard InChI is InChI=1S/C6H12F4OSi/c1-12(2,3)11-6(10)4(7)5(8)9/h4-6H,1-3H3. The fraction of sp³-hybridized carbons (Fsp3) is 1.00. The van der Waals surface area contributed by atoms with Crippen LogP contribution in [0, 0.1) is 0 Å². The fourth-order valence-electron chi connectivity index (χ4n) is 0.517. The van der Waals surface area contributed by atoms with Gasteiger partial charge >= 0.3 is 0 Å². The average molecular weight is 204 g/mol. The van der Waals surface area contributed by atoms with E-state index in [1.165, 1.54) is 0 Å². The number of alkyl halides is 4. The van der Waals surface area contributed by atoms with Crippen LogP contribution in [0.2, 0.25) is 19.6 Å². The molecule has 0 saturated heterocycles. The molecule has 12 heavy (non-hydrogen) atoms. The zero-order chi connectivity index (χ0) is 9.94. The second-order valence-corrected chi connectivity index (χ2v) is 7.82. The van der Waals surface area contributed by atoms with Crippen molar-refractivity contribution in [1.82, 2.24) is 0 Å². The van der Waals surface area contributed by atoms with Crippen LogP contribution in [0.3, 0.4) is 0 Å². The second kappa shape index (κ2) is 4.22. The largest absolute Gasteiger partial charge is 0.387 e. The Balaban J connectivity index is 3.95. The van der Waals surface area contributed by atoms with Gasteiger partial charge in [0.05, 0.1) is 0 Å². The van der Waals surface area contributed by atoms with E-state index in [0.29, 0.717) is 0 Å². The lowest BCUT2D eigenvalue weighted by molar-refractivity contribution is -0.0790. The van der Waals surface area contributed by atoms with Crippen LogP contribution in [-0.2, 0) is 4.43 Å². The van der Waals surface area contributed by atoms with Gasteiger partial charge in [-0.3, -0.25) is 0 Å². The second-order valence-electron chi connectivity index (χ2n) is 3.36. The highest BCUT2D eigenvalue weighted by Crippen LogP contribution is 2.18. The Labute approximate surface area is 69.8 Å². The molecule has 0 aromatic heterocycles. The van der Waals surface area contributed by atoms with E-state index in [4.69, 9.17) is 0 Å². The molecule has 0 bridgehead atoms. The van der Waals surface area contributed by atoms with Crippen LogP contribution in [0.25, 0.3) is 0 Å². The van der Waals surface area contributed by atoms with E-state index in [1.807, 2.05) is 0 Å². The third kappa shape index (κ3) is 4.71. The zero-order valence-corrected chi connectivity index (χ0v) is 8.15. The van der Waals surface area contributed by atoms with Gasteiger partial charge in [-0.25, -0.2) is 17.6 Å². The van der Waals surface area contributed by atoms with Crippen LogP contribution >= 0.6 is 0 Å². The van der Waals surface area contributed by atoms with Crippen LogP contribution in [0.4, 0.5) is 17.6 Å². The van der Waals surface area contributed by atoms with Crippen molar-refractivity contribution in [3.63, 3.8) is 0 Å². The summed E-state index contributed by atoms with van der Waals surface area (Å²) in [6, 6.07) is 0. The Kier molecular flexibility index (Phi) is 4.19. The number of hydrogen-bond donors (Lipinski definition) is 0. The van der Waals surface area contributed by atoms with Gasteiger partial charge in [0.25, 0.3) is 6.43 Å². The molecule has 0 N–H and O–H groups in total. The quantitative estimate of drug-likeness (QED) is 0.505. The number of rotatable bonds is 4. The van der Waals surface area contributed by atoms with Crippen molar-refractivity contribution in [2.24, 2.45) is 0 Å². The molecule has 0 aromatic rings. The highest BCUT2D eigenvalue weighted by molar-refractivity contribution is 6.69. The van der Waals surface area contributed by atoms with Crippen molar-refractivity contribution < 1.29 is 22.0 Å². The van der Waals surface area contributed by atoms with E-state index >= 15 is 0 Å². The van der Waals surface area contributed by atoms with Gasteiger partial charge in [0.15, 0.2) is 8.32 Å². The molecule has 6 heteroatoms. The highest BCUT2D eigenvalue weighted by atomic mass is 28.4. The topological polar surface area (TPSA) is 9.23 Å². The van der Waals surface area contributed by atoms with Crippen LogP contribution in [0.15, 0.2) is 0 Å². The molecule has 0 aliphatic carbocycles. The molecule has 0 aliphatic heterocycles. The zero-order valence-electron chi connectivity index (χ0n) is 7.15. The monoisotopic (exact) mass is 204 g/mol. The fourth-order valence-corrected chi connectivity index (χ4v) is 1.32. The molecular formula is C6H12F4OSi. The summed E-state index contributed by atoms with van der Waals surface area (Å²) in [5, 5.41) is 0. The maximum Gasteiger partial charge on any atom is 0.274 e. The van der Waals surface area contributed by atoms with Crippen molar-refractivity contribution in [1.29, 1.82) is 0 Å². The van der Waals surface area contributed by atoms with E-state index in [9.17, 15) is 17.6 Å². The van der Waals surface area contributed by atoms with Gasteiger partial charge in [0.1, 0.15) is 0 Å². The summed E-state index contributed by atoms with van der Waals surface area (Å²) in [7, 11) is -2.28. The molecule has 0 spiro atoms. The summed E-state index contributed by atoms with van der Waals surface area (Å²) in [6.45, 7) is 4.79.